The molecule has 1 fully saturated rings. The molecule has 1 aliphatic carbocycles. The van der Waals surface area contributed by atoms with Crippen molar-refractivity contribution < 1.29 is 9.21 Å². The third-order valence-corrected chi connectivity index (χ3v) is 2.56. The van der Waals surface area contributed by atoms with Crippen LogP contribution in [0.5, 0.6) is 0 Å². The first kappa shape index (κ1) is 11.8. The molecule has 0 bridgehead atoms. The number of carbonyl (C=O) groups is 1. The van der Waals surface area contributed by atoms with E-state index >= 15 is 0 Å². The van der Waals surface area contributed by atoms with Gasteiger partial charge < -0.3 is 20.0 Å². The Morgan fingerprint density at radius 3 is 2.94 bits per heavy atom. The minimum absolute atomic E-state index is 0.0941. The van der Waals surface area contributed by atoms with Crippen LogP contribution in [0.4, 0.5) is 6.01 Å². The predicted molar refractivity (Wildman–Crippen MR) is 61.5 cm³/mol. The molecule has 0 saturated heterocycles. The number of hydrogen-bond donors (Lipinski definition) is 2. The molecule has 1 aromatic heterocycles. The highest BCUT2D eigenvalue weighted by atomic mass is 16.4. The lowest BCUT2D eigenvalue weighted by atomic mass is 10.5. The van der Waals surface area contributed by atoms with Gasteiger partial charge in [0, 0.05) is 20.1 Å². The molecule has 2 rings (SSSR count). The van der Waals surface area contributed by atoms with Crippen molar-refractivity contribution in [3.63, 3.8) is 0 Å². The number of hydrogen-bond acceptors (Lipinski definition) is 6. The summed E-state index contributed by atoms with van der Waals surface area (Å²) in [6, 6.07) is 0.968. The molecule has 0 unspecified atom stereocenters. The lowest BCUT2D eigenvalue weighted by molar-refractivity contribution is -0.119. The van der Waals surface area contributed by atoms with Crippen LogP contribution in [0.15, 0.2) is 4.42 Å². The maximum Gasteiger partial charge on any atom is 0.318 e. The zero-order chi connectivity index (χ0) is 12.3. The van der Waals surface area contributed by atoms with Crippen molar-refractivity contribution in [3.05, 3.63) is 5.89 Å². The van der Waals surface area contributed by atoms with Crippen LogP contribution >= 0.6 is 0 Å². The van der Waals surface area contributed by atoms with Gasteiger partial charge in [-0.2, -0.15) is 0 Å². The van der Waals surface area contributed by atoms with Crippen LogP contribution in [0.3, 0.4) is 0 Å². The van der Waals surface area contributed by atoms with Crippen LogP contribution in [0.2, 0.25) is 0 Å². The van der Waals surface area contributed by atoms with Crippen LogP contribution in [0.25, 0.3) is 0 Å². The molecule has 0 aliphatic heterocycles. The topological polar surface area (TPSA) is 83.3 Å². The standard InChI is InChI=1S/C10H17N5O2/c1-11-8(16)6-15(2)10-14-13-9(17-10)5-12-7-3-4-7/h7,12H,3-6H2,1-2H3,(H,11,16). The summed E-state index contributed by atoms with van der Waals surface area (Å²) in [6.45, 7) is 0.791. The number of amides is 1. The molecule has 7 heteroatoms. The molecular weight excluding hydrogens is 222 g/mol. The van der Waals surface area contributed by atoms with Gasteiger partial charge in [-0.25, -0.2) is 0 Å². The number of aromatic nitrogens is 2. The summed E-state index contributed by atoms with van der Waals surface area (Å²) in [5.74, 6) is 0.457. The zero-order valence-corrected chi connectivity index (χ0v) is 10.1. The second kappa shape index (κ2) is 5.13. The highest BCUT2D eigenvalue weighted by Gasteiger charge is 2.21. The van der Waals surface area contributed by atoms with E-state index in [2.05, 4.69) is 20.8 Å². The van der Waals surface area contributed by atoms with Crippen LogP contribution < -0.4 is 15.5 Å². The van der Waals surface area contributed by atoms with Gasteiger partial charge in [0.05, 0.1) is 6.54 Å². The van der Waals surface area contributed by atoms with E-state index in [0.717, 1.165) is 0 Å². The smallest absolute Gasteiger partial charge is 0.318 e. The summed E-state index contributed by atoms with van der Waals surface area (Å²) < 4.78 is 5.43. The van der Waals surface area contributed by atoms with Gasteiger partial charge in [0.25, 0.3) is 0 Å². The first-order chi connectivity index (χ1) is 8.19. The van der Waals surface area contributed by atoms with Gasteiger partial charge in [-0.1, -0.05) is 5.10 Å². The Bertz CT molecular complexity index is 388. The summed E-state index contributed by atoms with van der Waals surface area (Å²) >= 11 is 0. The fraction of sp³-hybridized carbons (Fsp3) is 0.700. The fourth-order valence-corrected chi connectivity index (χ4v) is 1.35. The van der Waals surface area contributed by atoms with Gasteiger partial charge in [-0.05, 0) is 12.8 Å². The molecule has 1 heterocycles. The van der Waals surface area contributed by atoms with E-state index in [-0.39, 0.29) is 12.5 Å². The van der Waals surface area contributed by atoms with E-state index < -0.39 is 0 Å². The predicted octanol–water partition coefficient (Wildman–Crippen LogP) is -0.496. The summed E-state index contributed by atoms with van der Waals surface area (Å²) in [5.41, 5.74) is 0. The van der Waals surface area contributed by atoms with Gasteiger partial charge in [0.2, 0.25) is 11.8 Å². The van der Waals surface area contributed by atoms with Crippen molar-refractivity contribution in [2.75, 3.05) is 25.5 Å². The zero-order valence-electron chi connectivity index (χ0n) is 10.1. The summed E-state index contributed by atoms with van der Waals surface area (Å²) in [7, 11) is 3.33. The molecular formula is C10H17N5O2. The summed E-state index contributed by atoms with van der Waals surface area (Å²) in [5, 5.41) is 13.6. The number of nitrogens with zero attached hydrogens (tertiary/aromatic N) is 3. The molecule has 7 nitrogen and oxygen atoms in total. The maximum absolute atomic E-state index is 11.2. The fourth-order valence-electron chi connectivity index (χ4n) is 1.35. The second-order valence-corrected chi connectivity index (χ2v) is 4.16. The molecule has 1 amide bonds. The van der Waals surface area contributed by atoms with Gasteiger partial charge in [-0.15, -0.1) is 5.10 Å². The van der Waals surface area contributed by atoms with E-state index in [1.165, 1.54) is 12.8 Å². The lowest BCUT2D eigenvalue weighted by Gasteiger charge is -2.11. The number of anilines is 1. The molecule has 2 N–H and O–H groups in total. The Hall–Kier alpha value is -1.63. The van der Waals surface area contributed by atoms with Crippen molar-refractivity contribution >= 4 is 11.9 Å². The molecule has 17 heavy (non-hydrogen) atoms. The minimum Gasteiger partial charge on any atom is -0.407 e. The van der Waals surface area contributed by atoms with Gasteiger partial charge in [0.1, 0.15) is 6.54 Å². The van der Waals surface area contributed by atoms with Crippen LogP contribution in [-0.2, 0) is 11.3 Å². The number of rotatable bonds is 6. The Balaban J connectivity index is 1.84. The number of likely N-dealkylation sites (N-methyl/N-ethyl adjacent to an activating group) is 2. The van der Waals surface area contributed by atoms with E-state index in [1.807, 2.05) is 0 Å². The van der Waals surface area contributed by atoms with E-state index in [0.29, 0.717) is 24.5 Å². The van der Waals surface area contributed by atoms with Crippen molar-refractivity contribution in [2.45, 2.75) is 25.4 Å². The largest absolute Gasteiger partial charge is 0.407 e. The molecule has 0 spiro atoms. The molecule has 0 aromatic carbocycles. The van der Waals surface area contributed by atoms with E-state index in [9.17, 15) is 4.79 Å². The molecule has 1 saturated carbocycles. The van der Waals surface area contributed by atoms with Gasteiger partial charge in [0.15, 0.2) is 0 Å². The average molecular weight is 239 g/mol. The quantitative estimate of drug-likeness (QED) is 0.696. The van der Waals surface area contributed by atoms with E-state index in [1.54, 1.807) is 19.0 Å². The first-order valence-corrected chi connectivity index (χ1v) is 5.66. The lowest BCUT2D eigenvalue weighted by Crippen LogP contribution is -2.33. The minimum atomic E-state index is -0.0941. The molecule has 1 aliphatic rings. The molecule has 0 atom stereocenters. The van der Waals surface area contributed by atoms with Gasteiger partial charge in [-0.3, -0.25) is 4.79 Å². The van der Waals surface area contributed by atoms with Crippen molar-refractivity contribution in [1.29, 1.82) is 0 Å². The SMILES string of the molecule is CNC(=O)CN(C)c1nnc(CNC2CC2)o1. The van der Waals surface area contributed by atoms with Crippen LogP contribution in [-0.4, -0.2) is 42.8 Å². The molecule has 94 valence electrons. The van der Waals surface area contributed by atoms with Crippen LogP contribution in [0, 0.1) is 0 Å². The monoisotopic (exact) mass is 239 g/mol. The average Bonchev–Trinajstić information content (AvgIpc) is 3.03. The van der Waals surface area contributed by atoms with Crippen molar-refractivity contribution in [3.8, 4) is 0 Å². The third kappa shape index (κ3) is 3.42. The maximum atomic E-state index is 11.2. The highest BCUT2D eigenvalue weighted by Crippen LogP contribution is 2.19. The highest BCUT2D eigenvalue weighted by molar-refractivity contribution is 5.80. The Labute approximate surface area is 99.6 Å². The molecule has 0 radical (unpaired) electrons. The Morgan fingerprint density at radius 1 is 1.53 bits per heavy atom. The van der Waals surface area contributed by atoms with E-state index in [4.69, 9.17) is 4.42 Å². The Morgan fingerprint density at radius 2 is 2.29 bits per heavy atom. The number of carbonyl (C=O) groups excluding carboxylic acids is 1. The summed E-state index contributed by atoms with van der Waals surface area (Å²) in [6.07, 6.45) is 2.44. The van der Waals surface area contributed by atoms with Crippen molar-refractivity contribution in [2.24, 2.45) is 0 Å². The first-order valence-electron chi connectivity index (χ1n) is 5.66. The van der Waals surface area contributed by atoms with Gasteiger partial charge >= 0.3 is 6.01 Å². The normalized spacial score (nSPS) is 14.7. The van der Waals surface area contributed by atoms with Crippen LogP contribution in [0.1, 0.15) is 18.7 Å². The number of nitrogens with one attached hydrogen (secondary N) is 2. The third-order valence-electron chi connectivity index (χ3n) is 2.56. The Kier molecular flexibility index (Phi) is 3.58. The molecule has 1 aromatic rings. The second-order valence-electron chi connectivity index (χ2n) is 4.16. The van der Waals surface area contributed by atoms with Crippen molar-refractivity contribution in [1.82, 2.24) is 20.8 Å². The summed E-state index contributed by atoms with van der Waals surface area (Å²) in [4.78, 5) is 12.8.